The third-order valence-corrected chi connectivity index (χ3v) is 5.31. The van der Waals surface area contributed by atoms with Gasteiger partial charge in [0.25, 0.3) is 0 Å². The summed E-state index contributed by atoms with van der Waals surface area (Å²) in [6.07, 6.45) is 1.38. The van der Waals surface area contributed by atoms with E-state index < -0.39 is 18.0 Å². The van der Waals surface area contributed by atoms with Crippen molar-refractivity contribution in [1.29, 1.82) is 0 Å². The summed E-state index contributed by atoms with van der Waals surface area (Å²) >= 11 is 0. The molecule has 1 aromatic heterocycles. The molecule has 9 nitrogen and oxygen atoms in total. The predicted molar refractivity (Wildman–Crippen MR) is 108 cm³/mol. The molecular weight excluding hydrogens is 376 g/mol. The molecule has 2 aromatic rings. The number of hydrogen-bond donors (Lipinski definition) is 4. The average molecular weight is 402 g/mol. The number of hydrogen-bond acceptors (Lipinski definition) is 5. The highest BCUT2D eigenvalue weighted by Crippen LogP contribution is 2.31. The molecule has 1 atom stereocenters. The lowest BCUT2D eigenvalue weighted by Gasteiger charge is -2.37. The van der Waals surface area contributed by atoms with E-state index in [4.69, 9.17) is 5.11 Å². The molecule has 1 aromatic carbocycles. The molecule has 29 heavy (non-hydrogen) atoms. The number of aromatic amines is 1. The molecule has 1 amide bonds. The Kier molecular flexibility index (Phi) is 6.50. The number of amides is 1. The van der Waals surface area contributed by atoms with Gasteiger partial charge in [-0.1, -0.05) is 13.0 Å². The first-order valence-electron chi connectivity index (χ1n) is 9.71. The maximum absolute atomic E-state index is 12.1. The minimum atomic E-state index is -1.02. The summed E-state index contributed by atoms with van der Waals surface area (Å²) in [6, 6.07) is 4.47. The van der Waals surface area contributed by atoms with Gasteiger partial charge in [-0.3, -0.25) is 19.3 Å². The Balaban J connectivity index is 1.78. The van der Waals surface area contributed by atoms with E-state index in [1.54, 1.807) is 24.4 Å². The number of H-pyrrole nitrogens is 1. The summed E-state index contributed by atoms with van der Waals surface area (Å²) in [7, 11) is 0. The van der Waals surface area contributed by atoms with Gasteiger partial charge in [-0.2, -0.15) is 0 Å². The summed E-state index contributed by atoms with van der Waals surface area (Å²) in [5.74, 6) is -2.29. The Morgan fingerprint density at radius 3 is 2.48 bits per heavy atom. The Morgan fingerprint density at radius 1 is 1.14 bits per heavy atom. The molecule has 156 valence electrons. The molecule has 1 saturated heterocycles. The van der Waals surface area contributed by atoms with Crippen molar-refractivity contribution in [2.24, 2.45) is 0 Å². The van der Waals surface area contributed by atoms with E-state index in [0.29, 0.717) is 24.3 Å². The van der Waals surface area contributed by atoms with Crippen molar-refractivity contribution < 1.29 is 24.6 Å². The van der Waals surface area contributed by atoms with Crippen molar-refractivity contribution in [2.75, 3.05) is 38.0 Å². The fraction of sp³-hybridized carbons (Fsp3) is 0.450. The number of carboxylic acids is 2. The number of carbonyl (C=O) groups excluding carboxylic acids is 1. The lowest BCUT2D eigenvalue weighted by molar-refractivity contribution is -0.144. The van der Waals surface area contributed by atoms with Gasteiger partial charge in [0.05, 0.1) is 6.42 Å². The molecule has 4 N–H and O–H groups in total. The third-order valence-electron chi connectivity index (χ3n) is 5.31. The van der Waals surface area contributed by atoms with Crippen molar-refractivity contribution in [3.8, 4) is 0 Å². The second-order valence-corrected chi connectivity index (χ2v) is 7.16. The topological polar surface area (TPSA) is 126 Å². The van der Waals surface area contributed by atoms with Crippen LogP contribution in [0.25, 0.3) is 10.9 Å². The number of carbonyl (C=O) groups is 3. The zero-order valence-electron chi connectivity index (χ0n) is 16.4. The number of anilines is 1. The van der Waals surface area contributed by atoms with Gasteiger partial charge in [-0.15, -0.1) is 0 Å². The minimum absolute atomic E-state index is 0.103. The highest BCUT2D eigenvalue weighted by molar-refractivity contribution is 5.96. The van der Waals surface area contributed by atoms with Gasteiger partial charge in [0.1, 0.15) is 6.04 Å². The molecule has 0 aliphatic carbocycles. The molecule has 1 aliphatic heterocycles. The van der Waals surface area contributed by atoms with Gasteiger partial charge in [0.2, 0.25) is 5.91 Å². The summed E-state index contributed by atoms with van der Waals surface area (Å²) in [5, 5.41) is 22.0. The number of fused-ring (bicyclic) bond motifs is 1. The van der Waals surface area contributed by atoms with Crippen LogP contribution in [-0.4, -0.2) is 75.6 Å². The first kappa shape index (κ1) is 20.8. The summed E-state index contributed by atoms with van der Waals surface area (Å²) in [6.45, 7) is 6.12. The number of rotatable bonds is 8. The number of benzene rings is 1. The average Bonchev–Trinajstić information content (AvgIpc) is 3.09. The Hall–Kier alpha value is -2.91. The number of carboxylic acid groups (broad SMARTS) is 2. The summed E-state index contributed by atoms with van der Waals surface area (Å²) in [5.41, 5.74) is 1.94. The Labute approximate surface area is 168 Å². The highest BCUT2D eigenvalue weighted by Gasteiger charge is 2.31. The molecule has 3 rings (SSSR count). The van der Waals surface area contributed by atoms with Crippen molar-refractivity contribution in [2.45, 2.75) is 25.8 Å². The number of aromatic nitrogens is 1. The fourth-order valence-electron chi connectivity index (χ4n) is 3.72. The highest BCUT2D eigenvalue weighted by atomic mass is 16.4. The largest absolute Gasteiger partial charge is 0.481 e. The van der Waals surface area contributed by atoms with Gasteiger partial charge in [0, 0.05) is 61.0 Å². The number of piperazine rings is 1. The van der Waals surface area contributed by atoms with Crippen LogP contribution in [-0.2, 0) is 14.4 Å². The Bertz CT molecular complexity index is 901. The molecule has 9 heteroatoms. The fourth-order valence-corrected chi connectivity index (χ4v) is 3.72. The van der Waals surface area contributed by atoms with Gasteiger partial charge in [-0.05, 0) is 18.7 Å². The van der Waals surface area contributed by atoms with Crippen molar-refractivity contribution in [3.05, 3.63) is 30.0 Å². The first-order valence-corrected chi connectivity index (χ1v) is 9.71. The van der Waals surface area contributed by atoms with Crippen LogP contribution < -0.4 is 5.32 Å². The SMILES string of the molecule is CCN1CCN(C(C(=O)O)c2c[nH]c3cc(NC(=O)CCC(=O)O)ccc23)CC1. The molecule has 1 aliphatic rings. The molecule has 0 spiro atoms. The van der Waals surface area contributed by atoms with Crippen LogP contribution in [0.4, 0.5) is 5.69 Å². The lowest BCUT2D eigenvalue weighted by atomic mass is 10.0. The van der Waals surface area contributed by atoms with Gasteiger partial charge in [-0.25, -0.2) is 0 Å². The maximum Gasteiger partial charge on any atom is 0.325 e. The van der Waals surface area contributed by atoms with E-state index in [1.807, 2.05) is 4.90 Å². The predicted octanol–water partition coefficient (Wildman–Crippen LogP) is 1.73. The maximum atomic E-state index is 12.1. The zero-order chi connectivity index (χ0) is 21.0. The zero-order valence-corrected chi connectivity index (χ0v) is 16.4. The van der Waals surface area contributed by atoms with Crippen LogP contribution in [0.5, 0.6) is 0 Å². The second kappa shape index (κ2) is 9.06. The Morgan fingerprint density at radius 2 is 1.86 bits per heavy atom. The molecular formula is C20H26N4O5. The molecule has 1 unspecified atom stereocenters. The van der Waals surface area contributed by atoms with E-state index >= 15 is 0 Å². The van der Waals surface area contributed by atoms with Gasteiger partial charge in [0.15, 0.2) is 0 Å². The lowest BCUT2D eigenvalue weighted by Crippen LogP contribution is -2.49. The molecule has 1 fully saturated rings. The van der Waals surface area contributed by atoms with Crippen molar-refractivity contribution in [3.63, 3.8) is 0 Å². The number of likely N-dealkylation sites (N-methyl/N-ethyl adjacent to an activating group) is 1. The number of nitrogens with one attached hydrogen (secondary N) is 2. The normalized spacial score (nSPS) is 16.6. The molecule has 0 radical (unpaired) electrons. The number of aliphatic carboxylic acids is 2. The van der Waals surface area contributed by atoms with E-state index in [9.17, 15) is 19.5 Å². The summed E-state index contributed by atoms with van der Waals surface area (Å²) < 4.78 is 0. The van der Waals surface area contributed by atoms with Crippen molar-refractivity contribution >= 4 is 34.4 Å². The van der Waals surface area contributed by atoms with Crippen LogP contribution in [0, 0.1) is 0 Å². The van der Waals surface area contributed by atoms with E-state index in [1.165, 1.54) is 0 Å². The van der Waals surface area contributed by atoms with Crippen LogP contribution in [0.1, 0.15) is 31.4 Å². The van der Waals surface area contributed by atoms with E-state index in [2.05, 4.69) is 22.1 Å². The summed E-state index contributed by atoms with van der Waals surface area (Å²) in [4.78, 5) is 41.9. The standard InChI is InChI=1S/C20H26N4O5/c1-2-23-7-9-24(10-8-23)19(20(28)29)15-12-21-16-11-13(3-4-14(15)16)22-17(25)5-6-18(26)27/h3-4,11-12,19,21H,2,5-10H2,1H3,(H,22,25)(H,26,27)(H,28,29). The van der Waals surface area contributed by atoms with E-state index in [-0.39, 0.29) is 18.7 Å². The minimum Gasteiger partial charge on any atom is -0.481 e. The number of nitrogens with zero attached hydrogens (tertiary/aromatic N) is 2. The van der Waals surface area contributed by atoms with Crippen LogP contribution >= 0.6 is 0 Å². The van der Waals surface area contributed by atoms with Crippen molar-refractivity contribution in [1.82, 2.24) is 14.8 Å². The van der Waals surface area contributed by atoms with Crippen LogP contribution in [0.3, 0.4) is 0 Å². The van der Waals surface area contributed by atoms with Crippen LogP contribution in [0.15, 0.2) is 24.4 Å². The molecule has 0 saturated carbocycles. The van der Waals surface area contributed by atoms with Gasteiger partial charge >= 0.3 is 11.9 Å². The monoisotopic (exact) mass is 402 g/mol. The van der Waals surface area contributed by atoms with E-state index in [0.717, 1.165) is 30.5 Å². The van der Waals surface area contributed by atoms with Gasteiger partial charge < -0.3 is 25.4 Å². The second-order valence-electron chi connectivity index (χ2n) is 7.16. The first-order chi connectivity index (χ1) is 13.9. The smallest absolute Gasteiger partial charge is 0.325 e. The molecule has 2 heterocycles. The molecule has 0 bridgehead atoms. The third kappa shape index (κ3) is 4.93. The van der Waals surface area contributed by atoms with Crippen LogP contribution in [0.2, 0.25) is 0 Å². The quantitative estimate of drug-likeness (QED) is 0.530.